The second kappa shape index (κ2) is 5.75. The summed E-state index contributed by atoms with van der Waals surface area (Å²) in [5, 5.41) is 5.42. The van der Waals surface area contributed by atoms with Gasteiger partial charge in [-0.3, -0.25) is 5.10 Å². The van der Waals surface area contributed by atoms with E-state index in [4.69, 9.17) is 16.3 Å². The molecule has 0 spiro atoms. The number of sulfonamides is 1. The molecule has 2 heterocycles. The molecule has 0 aliphatic carbocycles. The number of ether oxygens (including phenoxy) is 1. The summed E-state index contributed by atoms with van der Waals surface area (Å²) in [6.45, 7) is 0.107. The van der Waals surface area contributed by atoms with Crippen molar-refractivity contribution in [2.24, 2.45) is 0 Å². The molecule has 1 aliphatic heterocycles. The van der Waals surface area contributed by atoms with Crippen LogP contribution in [0.3, 0.4) is 0 Å². The van der Waals surface area contributed by atoms with Crippen LogP contribution in [0.4, 0.5) is 13.2 Å². The number of rotatable bonds is 4. The lowest BCUT2D eigenvalue weighted by atomic mass is 9.87. The Morgan fingerprint density at radius 3 is 2.52 bits per heavy atom. The Hall–Kier alpha value is -0.840. The first-order valence-corrected chi connectivity index (χ1v) is 7.87. The van der Waals surface area contributed by atoms with E-state index < -0.39 is 28.2 Å². The summed E-state index contributed by atoms with van der Waals surface area (Å²) in [7, 11) is -4.21. The average molecular weight is 348 g/mol. The third-order valence-electron chi connectivity index (χ3n) is 3.19. The number of nitrogens with zero attached hydrogens (tertiary/aromatic N) is 1. The Labute approximate surface area is 124 Å². The van der Waals surface area contributed by atoms with Gasteiger partial charge in [-0.05, 0) is 12.8 Å². The van der Waals surface area contributed by atoms with Crippen LogP contribution in [0.5, 0.6) is 0 Å². The first-order valence-electron chi connectivity index (χ1n) is 6.01. The number of aromatic amines is 1. The molecule has 0 bridgehead atoms. The summed E-state index contributed by atoms with van der Waals surface area (Å²) in [6, 6.07) is 0. The molecule has 2 rings (SSSR count). The number of nitrogens with one attached hydrogen (secondary N) is 2. The molecule has 0 radical (unpaired) electrons. The smallest absolute Gasteiger partial charge is 0.381 e. The quantitative estimate of drug-likeness (QED) is 0.870. The van der Waals surface area contributed by atoms with E-state index in [9.17, 15) is 21.6 Å². The summed E-state index contributed by atoms with van der Waals surface area (Å²) in [5.74, 6) is 0. The summed E-state index contributed by atoms with van der Waals surface area (Å²) in [6.07, 6.45) is -4.95. The van der Waals surface area contributed by atoms with Gasteiger partial charge in [-0.15, -0.1) is 0 Å². The fourth-order valence-corrected chi connectivity index (χ4v) is 4.08. The molecule has 2 N–H and O–H groups in total. The van der Waals surface area contributed by atoms with Gasteiger partial charge in [0, 0.05) is 18.8 Å². The van der Waals surface area contributed by atoms with E-state index in [2.05, 4.69) is 14.9 Å². The van der Waals surface area contributed by atoms with Crippen molar-refractivity contribution in [3.05, 3.63) is 11.3 Å². The number of hydrogen-bond donors (Lipinski definition) is 2. The zero-order valence-electron chi connectivity index (χ0n) is 10.7. The highest BCUT2D eigenvalue weighted by molar-refractivity contribution is 7.89. The molecule has 0 unspecified atom stereocenters. The van der Waals surface area contributed by atoms with Crippen molar-refractivity contribution in [2.75, 3.05) is 13.2 Å². The first kappa shape index (κ1) is 16.5. The molecule has 0 aromatic carbocycles. The number of aromatic nitrogens is 2. The van der Waals surface area contributed by atoms with Crippen molar-refractivity contribution < 1.29 is 26.3 Å². The fraction of sp³-hybridized carbons (Fsp3) is 0.700. The Balaban J connectivity index is 2.29. The van der Waals surface area contributed by atoms with Crippen LogP contribution in [0.25, 0.3) is 0 Å². The zero-order valence-corrected chi connectivity index (χ0v) is 12.3. The maximum Gasteiger partial charge on any atom is 0.390 e. The molecule has 0 saturated carbocycles. The van der Waals surface area contributed by atoms with E-state index in [0.717, 1.165) is 6.20 Å². The standard InChI is InChI=1S/C10H13ClF3N3O3S/c11-8-7(5-15-16-8)21(18,19)17-9(6-10(12,13)14)1-3-20-4-2-9/h5,17H,1-4,6H2,(H,15,16). The maximum atomic E-state index is 12.8. The second-order valence-corrected chi connectivity index (χ2v) is 6.87. The van der Waals surface area contributed by atoms with Crippen LogP contribution in [0.2, 0.25) is 5.15 Å². The van der Waals surface area contributed by atoms with E-state index in [1.165, 1.54) is 0 Å². The molecule has 11 heteroatoms. The molecule has 1 aromatic rings. The summed E-state index contributed by atoms with van der Waals surface area (Å²) in [5.41, 5.74) is -1.63. The number of alkyl halides is 3. The summed E-state index contributed by atoms with van der Waals surface area (Å²) >= 11 is 5.64. The molecule has 6 nitrogen and oxygen atoms in total. The van der Waals surface area contributed by atoms with E-state index in [-0.39, 0.29) is 36.1 Å². The lowest BCUT2D eigenvalue weighted by Gasteiger charge is -2.37. The monoisotopic (exact) mass is 347 g/mol. The lowest BCUT2D eigenvalue weighted by molar-refractivity contribution is -0.155. The van der Waals surface area contributed by atoms with Crippen molar-refractivity contribution in [1.29, 1.82) is 0 Å². The van der Waals surface area contributed by atoms with Gasteiger partial charge in [0.2, 0.25) is 10.0 Å². The third-order valence-corrected chi connectivity index (χ3v) is 5.18. The molecule has 0 atom stereocenters. The zero-order chi connectivity index (χ0) is 15.7. The van der Waals surface area contributed by atoms with E-state index in [1.807, 2.05) is 0 Å². The molecule has 1 fully saturated rings. The third kappa shape index (κ3) is 4.09. The van der Waals surface area contributed by atoms with Gasteiger partial charge in [-0.2, -0.15) is 18.3 Å². The van der Waals surface area contributed by atoms with Crippen molar-refractivity contribution in [3.8, 4) is 0 Å². The van der Waals surface area contributed by atoms with Gasteiger partial charge >= 0.3 is 6.18 Å². The van der Waals surface area contributed by atoms with Crippen molar-refractivity contribution in [1.82, 2.24) is 14.9 Å². The van der Waals surface area contributed by atoms with Crippen LogP contribution in [0.15, 0.2) is 11.1 Å². The predicted molar refractivity (Wildman–Crippen MR) is 67.4 cm³/mol. The van der Waals surface area contributed by atoms with Gasteiger partial charge in [0.15, 0.2) is 0 Å². The van der Waals surface area contributed by atoms with Crippen LogP contribution in [-0.4, -0.2) is 43.5 Å². The van der Waals surface area contributed by atoms with Gasteiger partial charge < -0.3 is 4.74 Å². The molecule has 0 amide bonds. The van der Waals surface area contributed by atoms with Gasteiger partial charge in [0.25, 0.3) is 0 Å². The average Bonchev–Trinajstić information content (AvgIpc) is 2.74. The van der Waals surface area contributed by atoms with Crippen LogP contribution < -0.4 is 4.72 Å². The minimum Gasteiger partial charge on any atom is -0.381 e. The molecular weight excluding hydrogens is 335 g/mol. The fourth-order valence-electron chi connectivity index (χ4n) is 2.25. The van der Waals surface area contributed by atoms with Crippen LogP contribution in [-0.2, 0) is 14.8 Å². The molecule has 1 saturated heterocycles. The molecule has 21 heavy (non-hydrogen) atoms. The topological polar surface area (TPSA) is 84.1 Å². The predicted octanol–water partition coefficient (Wildman–Crippen LogP) is 1.84. The Bertz CT molecular complexity index is 596. The summed E-state index contributed by atoms with van der Waals surface area (Å²) in [4.78, 5) is -0.378. The second-order valence-electron chi connectivity index (χ2n) is 4.84. The van der Waals surface area contributed by atoms with Gasteiger partial charge in [-0.25, -0.2) is 13.1 Å². The minimum absolute atomic E-state index is 0.0533. The number of H-pyrrole nitrogens is 1. The maximum absolute atomic E-state index is 12.8. The number of hydrogen-bond acceptors (Lipinski definition) is 4. The highest BCUT2D eigenvalue weighted by Gasteiger charge is 2.46. The van der Waals surface area contributed by atoms with Crippen LogP contribution in [0, 0.1) is 0 Å². The molecular formula is C10H13ClF3N3O3S. The Morgan fingerprint density at radius 1 is 1.43 bits per heavy atom. The van der Waals surface area contributed by atoms with Gasteiger partial charge in [0.05, 0.1) is 12.6 Å². The van der Waals surface area contributed by atoms with Crippen molar-refractivity contribution in [2.45, 2.75) is 35.9 Å². The Morgan fingerprint density at radius 2 is 2.05 bits per heavy atom. The highest BCUT2D eigenvalue weighted by atomic mass is 35.5. The minimum atomic E-state index is -4.50. The Kier molecular flexibility index (Phi) is 4.52. The SMILES string of the molecule is O=S(=O)(NC1(CC(F)(F)F)CCOCC1)c1cn[nH]c1Cl. The van der Waals surface area contributed by atoms with Gasteiger partial charge in [0.1, 0.15) is 10.0 Å². The largest absolute Gasteiger partial charge is 0.390 e. The normalized spacial score (nSPS) is 19.6. The summed E-state index contributed by atoms with van der Waals surface area (Å²) < 4.78 is 69.9. The highest BCUT2D eigenvalue weighted by Crippen LogP contribution is 2.35. The number of halogens is 4. The first-order chi connectivity index (χ1) is 9.64. The molecule has 120 valence electrons. The van der Waals surface area contributed by atoms with Crippen LogP contribution >= 0.6 is 11.6 Å². The van der Waals surface area contributed by atoms with Crippen LogP contribution in [0.1, 0.15) is 19.3 Å². The molecule has 1 aliphatic rings. The van der Waals surface area contributed by atoms with E-state index in [1.54, 1.807) is 0 Å². The molecule has 1 aromatic heterocycles. The van der Waals surface area contributed by atoms with Gasteiger partial charge in [-0.1, -0.05) is 11.6 Å². The lowest BCUT2D eigenvalue weighted by Crippen LogP contribution is -2.54. The van der Waals surface area contributed by atoms with E-state index >= 15 is 0 Å². The van der Waals surface area contributed by atoms with Crippen molar-refractivity contribution in [3.63, 3.8) is 0 Å². The van der Waals surface area contributed by atoms with Crippen molar-refractivity contribution >= 4 is 21.6 Å². The van der Waals surface area contributed by atoms with E-state index in [0.29, 0.717) is 0 Å².